The summed E-state index contributed by atoms with van der Waals surface area (Å²) in [6.07, 6.45) is -2.59. The number of hydrogen-bond donors (Lipinski definition) is 2. The Kier molecular flexibility index (Phi) is 5.72. The fourth-order valence-electron chi connectivity index (χ4n) is 2.90. The van der Waals surface area contributed by atoms with Crippen molar-refractivity contribution in [1.29, 1.82) is 0 Å². The van der Waals surface area contributed by atoms with E-state index in [9.17, 15) is 18.0 Å². The minimum atomic E-state index is -4.50. The molecule has 4 nitrogen and oxygen atoms in total. The van der Waals surface area contributed by atoms with Crippen molar-refractivity contribution in [3.63, 3.8) is 0 Å². The van der Waals surface area contributed by atoms with E-state index in [0.29, 0.717) is 16.4 Å². The minimum Gasteiger partial charge on any atom is -0.370 e. The lowest BCUT2D eigenvalue weighted by molar-refractivity contribution is -0.137. The third-order valence-corrected chi connectivity index (χ3v) is 4.94. The Labute approximate surface area is 164 Å². The number of nitrogens with zero attached hydrogens (tertiary/aromatic N) is 1. The molecular weight excluding hydrogens is 402 g/mol. The van der Waals surface area contributed by atoms with Gasteiger partial charge in [-0.3, -0.25) is 0 Å². The molecule has 0 aromatic heterocycles. The highest BCUT2D eigenvalue weighted by molar-refractivity contribution is 6.42. The molecule has 0 radical (unpaired) electrons. The Balaban J connectivity index is 1.84. The monoisotopic (exact) mass is 417 g/mol. The number of amides is 2. The van der Waals surface area contributed by atoms with E-state index in [2.05, 4.69) is 10.6 Å². The van der Waals surface area contributed by atoms with Crippen molar-refractivity contribution < 1.29 is 18.0 Å². The Morgan fingerprint density at radius 2 is 1.67 bits per heavy atom. The van der Waals surface area contributed by atoms with Gasteiger partial charge in [0.2, 0.25) is 0 Å². The first-order chi connectivity index (χ1) is 12.7. The van der Waals surface area contributed by atoms with Crippen LogP contribution in [-0.2, 0) is 6.18 Å². The molecule has 0 unspecified atom stereocenters. The predicted octanol–water partition coefficient (Wildman–Crippen LogP) is 6.26. The second-order valence-corrected chi connectivity index (χ2v) is 6.95. The maximum absolute atomic E-state index is 13.1. The molecule has 144 valence electrons. The van der Waals surface area contributed by atoms with E-state index in [1.807, 2.05) is 4.90 Å². The normalized spacial score (nSPS) is 14.3. The first kappa shape index (κ1) is 19.6. The zero-order chi connectivity index (χ0) is 19.6. The van der Waals surface area contributed by atoms with Crippen LogP contribution in [0, 0.1) is 0 Å². The first-order valence-electron chi connectivity index (χ1n) is 8.23. The van der Waals surface area contributed by atoms with Gasteiger partial charge in [-0.2, -0.15) is 13.2 Å². The molecule has 1 aliphatic rings. The van der Waals surface area contributed by atoms with Crippen LogP contribution in [0.5, 0.6) is 0 Å². The van der Waals surface area contributed by atoms with Gasteiger partial charge in [0, 0.05) is 18.8 Å². The van der Waals surface area contributed by atoms with E-state index < -0.39 is 17.8 Å². The van der Waals surface area contributed by atoms with Gasteiger partial charge in [-0.25, -0.2) is 4.79 Å². The van der Waals surface area contributed by atoms with Crippen LogP contribution in [0.3, 0.4) is 0 Å². The van der Waals surface area contributed by atoms with Crippen molar-refractivity contribution in [3.8, 4) is 0 Å². The van der Waals surface area contributed by atoms with Crippen LogP contribution in [0.2, 0.25) is 10.0 Å². The van der Waals surface area contributed by atoms with Crippen LogP contribution in [-0.4, -0.2) is 19.1 Å². The Morgan fingerprint density at radius 1 is 0.963 bits per heavy atom. The van der Waals surface area contributed by atoms with Gasteiger partial charge in [-0.1, -0.05) is 23.2 Å². The minimum absolute atomic E-state index is 0.101. The van der Waals surface area contributed by atoms with E-state index in [1.165, 1.54) is 18.2 Å². The molecule has 1 aliphatic heterocycles. The fraction of sp³-hybridized carbons (Fsp3) is 0.278. The molecule has 0 spiro atoms. The number of nitrogens with one attached hydrogen (secondary N) is 2. The molecule has 2 aromatic rings. The summed E-state index contributed by atoms with van der Waals surface area (Å²) in [6.45, 7) is 1.46. The summed E-state index contributed by atoms with van der Waals surface area (Å²) in [5, 5.41) is 5.64. The lowest BCUT2D eigenvalue weighted by Gasteiger charge is -2.23. The van der Waals surface area contributed by atoms with Gasteiger partial charge in [0.25, 0.3) is 0 Å². The average Bonchev–Trinajstić information content (AvgIpc) is 3.11. The molecule has 2 N–H and O–H groups in total. The second-order valence-electron chi connectivity index (χ2n) is 6.13. The first-order valence-corrected chi connectivity index (χ1v) is 8.99. The molecule has 2 amide bonds. The lowest BCUT2D eigenvalue weighted by Crippen LogP contribution is -2.24. The fourth-order valence-corrected chi connectivity index (χ4v) is 3.20. The number of benzene rings is 2. The molecular formula is C18H16Cl2F3N3O. The van der Waals surface area contributed by atoms with E-state index in [1.54, 1.807) is 6.07 Å². The molecule has 27 heavy (non-hydrogen) atoms. The molecule has 0 saturated carbocycles. The van der Waals surface area contributed by atoms with Crippen LogP contribution in [0.25, 0.3) is 0 Å². The van der Waals surface area contributed by atoms with Crippen LogP contribution in [0.15, 0.2) is 36.4 Å². The number of alkyl halides is 3. The van der Waals surface area contributed by atoms with Gasteiger partial charge in [0.15, 0.2) is 0 Å². The number of anilines is 3. The lowest BCUT2D eigenvalue weighted by atomic mass is 10.1. The average molecular weight is 418 g/mol. The number of carbonyl (C=O) groups is 1. The SMILES string of the molecule is O=C(Nc1ccc(Cl)c(Cl)c1)Nc1cc(C(F)(F)F)ccc1N1CCCC1. The van der Waals surface area contributed by atoms with Crippen molar-refractivity contribution in [2.45, 2.75) is 19.0 Å². The van der Waals surface area contributed by atoms with Crippen molar-refractivity contribution in [2.24, 2.45) is 0 Å². The summed E-state index contributed by atoms with van der Waals surface area (Å²) >= 11 is 11.7. The second kappa shape index (κ2) is 7.86. The van der Waals surface area contributed by atoms with Gasteiger partial charge in [-0.05, 0) is 49.2 Å². The molecule has 1 saturated heterocycles. The third kappa shape index (κ3) is 4.78. The van der Waals surface area contributed by atoms with E-state index in [-0.39, 0.29) is 10.7 Å². The summed E-state index contributed by atoms with van der Waals surface area (Å²) in [5.41, 5.74) is 0.209. The molecule has 2 aromatic carbocycles. The molecule has 0 aliphatic carbocycles. The quantitative estimate of drug-likeness (QED) is 0.618. The summed E-state index contributed by atoms with van der Waals surface area (Å²) in [7, 11) is 0. The maximum atomic E-state index is 13.1. The number of urea groups is 1. The zero-order valence-electron chi connectivity index (χ0n) is 14.0. The Morgan fingerprint density at radius 3 is 2.30 bits per heavy atom. The van der Waals surface area contributed by atoms with Crippen LogP contribution >= 0.6 is 23.2 Å². The Hall–Kier alpha value is -2.12. The molecule has 1 heterocycles. The van der Waals surface area contributed by atoms with Crippen LogP contribution in [0.4, 0.5) is 35.0 Å². The highest BCUT2D eigenvalue weighted by atomic mass is 35.5. The third-order valence-electron chi connectivity index (χ3n) is 4.20. The molecule has 0 bridgehead atoms. The highest BCUT2D eigenvalue weighted by Gasteiger charge is 2.32. The maximum Gasteiger partial charge on any atom is 0.416 e. The van der Waals surface area contributed by atoms with Crippen LogP contribution in [0.1, 0.15) is 18.4 Å². The Bertz CT molecular complexity index is 852. The standard InChI is InChI=1S/C18H16Cl2F3N3O/c19-13-5-4-12(10-14(13)20)24-17(27)25-15-9-11(18(21,22)23)3-6-16(15)26-7-1-2-8-26/h3-6,9-10H,1-2,7-8H2,(H2,24,25,27). The molecule has 1 fully saturated rings. The number of rotatable bonds is 3. The highest BCUT2D eigenvalue weighted by Crippen LogP contribution is 2.36. The van der Waals surface area contributed by atoms with Crippen molar-refractivity contribution in [2.75, 3.05) is 28.6 Å². The van der Waals surface area contributed by atoms with Crippen molar-refractivity contribution in [3.05, 3.63) is 52.0 Å². The molecule has 3 rings (SSSR count). The van der Waals surface area contributed by atoms with Gasteiger partial charge >= 0.3 is 12.2 Å². The summed E-state index contributed by atoms with van der Waals surface area (Å²) in [4.78, 5) is 14.3. The van der Waals surface area contributed by atoms with E-state index in [4.69, 9.17) is 23.2 Å². The predicted molar refractivity (Wildman–Crippen MR) is 102 cm³/mol. The summed E-state index contributed by atoms with van der Waals surface area (Å²) in [6, 6.07) is 7.20. The van der Waals surface area contributed by atoms with E-state index in [0.717, 1.165) is 38.1 Å². The number of carbonyl (C=O) groups excluding carboxylic acids is 1. The number of hydrogen-bond acceptors (Lipinski definition) is 2. The van der Waals surface area contributed by atoms with Gasteiger partial charge in [0.05, 0.1) is 27.0 Å². The topological polar surface area (TPSA) is 44.4 Å². The van der Waals surface area contributed by atoms with Crippen molar-refractivity contribution >= 4 is 46.3 Å². The molecule has 9 heteroatoms. The summed E-state index contributed by atoms with van der Waals surface area (Å²) in [5.74, 6) is 0. The van der Waals surface area contributed by atoms with E-state index >= 15 is 0 Å². The molecule has 0 atom stereocenters. The number of halogens is 5. The smallest absolute Gasteiger partial charge is 0.370 e. The van der Waals surface area contributed by atoms with Crippen LogP contribution < -0.4 is 15.5 Å². The zero-order valence-corrected chi connectivity index (χ0v) is 15.5. The van der Waals surface area contributed by atoms with Crippen molar-refractivity contribution in [1.82, 2.24) is 0 Å². The van der Waals surface area contributed by atoms with Gasteiger partial charge < -0.3 is 15.5 Å². The van der Waals surface area contributed by atoms with Gasteiger partial charge in [-0.15, -0.1) is 0 Å². The largest absolute Gasteiger partial charge is 0.416 e. The summed E-state index contributed by atoms with van der Waals surface area (Å²) < 4.78 is 39.2. The van der Waals surface area contributed by atoms with Gasteiger partial charge in [0.1, 0.15) is 0 Å².